The maximum atomic E-state index is 9.29. The second kappa shape index (κ2) is 5.50. The Hall–Kier alpha value is -1.39. The average molecular weight is 262 g/mol. The minimum Gasteiger partial charge on any atom is -0.508 e. The molecule has 1 unspecified atom stereocenters. The minimum atomic E-state index is 0.285. The molecule has 0 bridgehead atoms. The van der Waals surface area contributed by atoms with Gasteiger partial charge in [-0.05, 0) is 44.7 Å². The fourth-order valence-electron chi connectivity index (χ4n) is 1.94. The topological polar surface area (TPSA) is 45.1 Å². The van der Waals surface area contributed by atoms with E-state index in [2.05, 4.69) is 24.1 Å². The van der Waals surface area contributed by atoms with E-state index in [1.54, 1.807) is 23.5 Å². The predicted octanol–water partition coefficient (Wildman–Crippen LogP) is 3.49. The highest BCUT2D eigenvalue weighted by Crippen LogP contribution is 2.32. The van der Waals surface area contributed by atoms with Gasteiger partial charge in [0.1, 0.15) is 10.8 Å². The number of aromatic hydroxyl groups is 1. The van der Waals surface area contributed by atoms with Crippen LogP contribution < -0.4 is 5.32 Å². The Balaban J connectivity index is 2.30. The van der Waals surface area contributed by atoms with Gasteiger partial charge in [0.15, 0.2) is 0 Å². The zero-order chi connectivity index (χ0) is 13.1. The molecule has 0 saturated heterocycles. The summed E-state index contributed by atoms with van der Waals surface area (Å²) in [6.07, 6.45) is 0. The van der Waals surface area contributed by atoms with Gasteiger partial charge in [0, 0.05) is 16.5 Å². The van der Waals surface area contributed by atoms with Crippen LogP contribution in [0.25, 0.3) is 10.6 Å². The number of phenols is 1. The summed E-state index contributed by atoms with van der Waals surface area (Å²) in [5.74, 6) is 0.285. The van der Waals surface area contributed by atoms with Crippen molar-refractivity contribution in [1.82, 2.24) is 10.3 Å². The molecule has 1 heterocycles. The average Bonchev–Trinajstić information content (AvgIpc) is 2.72. The molecule has 18 heavy (non-hydrogen) atoms. The van der Waals surface area contributed by atoms with Gasteiger partial charge in [-0.2, -0.15) is 0 Å². The summed E-state index contributed by atoms with van der Waals surface area (Å²) in [4.78, 5) is 5.89. The SMILES string of the molecule is CCNC(C)c1sc(-c2ccc(O)cc2)nc1C. The molecule has 1 aromatic carbocycles. The van der Waals surface area contributed by atoms with Crippen LogP contribution in [0, 0.1) is 6.92 Å². The second-order valence-electron chi connectivity index (χ2n) is 4.29. The van der Waals surface area contributed by atoms with Gasteiger partial charge in [0.05, 0.1) is 5.69 Å². The van der Waals surface area contributed by atoms with Crippen molar-refractivity contribution in [2.75, 3.05) is 6.54 Å². The molecule has 4 heteroatoms. The molecule has 0 radical (unpaired) electrons. The number of aromatic nitrogens is 1. The zero-order valence-electron chi connectivity index (χ0n) is 10.9. The number of benzene rings is 1. The van der Waals surface area contributed by atoms with E-state index in [-0.39, 0.29) is 5.75 Å². The van der Waals surface area contributed by atoms with E-state index >= 15 is 0 Å². The van der Waals surface area contributed by atoms with E-state index in [0.29, 0.717) is 6.04 Å². The second-order valence-corrected chi connectivity index (χ2v) is 5.33. The maximum absolute atomic E-state index is 9.29. The van der Waals surface area contributed by atoms with Gasteiger partial charge in [-0.3, -0.25) is 0 Å². The van der Waals surface area contributed by atoms with Crippen molar-refractivity contribution < 1.29 is 5.11 Å². The van der Waals surface area contributed by atoms with Crippen molar-refractivity contribution in [3.63, 3.8) is 0 Å². The molecule has 3 nitrogen and oxygen atoms in total. The molecule has 0 fully saturated rings. The van der Waals surface area contributed by atoms with E-state index in [1.807, 2.05) is 19.1 Å². The smallest absolute Gasteiger partial charge is 0.123 e. The van der Waals surface area contributed by atoms with Crippen LogP contribution >= 0.6 is 11.3 Å². The summed E-state index contributed by atoms with van der Waals surface area (Å²) in [5.41, 5.74) is 2.13. The van der Waals surface area contributed by atoms with Gasteiger partial charge in [0.25, 0.3) is 0 Å². The fourth-order valence-corrected chi connectivity index (χ4v) is 3.03. The third kappa shape index (κ3) is 2.71. The van der Waals surface area contributed by atoms with E-state index < -0.39 is 0 Å². The summed E-state index contributed by atoms with van der Waals surface area (Å²) in [6.45, 7) is 7.26. The lowest BCUT2D eigenvalue weighted by Gasteiger charge is -2.09. The molecule has 0 aliphatic carbocycles. The van der Waals surface area contributed by atoms with Crippen LogP contribution in [0.3, 0.4) is 0 Å². The van der Waals surface area contributed by atoms with Crippen molar-refractivity contribution in [2.24, 2.45) is 0 Å². The first-order valence-electron chi connectivity index (χ1n) is 6.12. The van der Waals surface area contributed by atoms with Crippen molar-refractivity contribution in [1.29, 1.82) is 0 Å². The van der Waals surface area contributed by atoms with E-state index in [0.717, 1.165) is 22.8 Å². The lowest BCUT2D eigenvalue weighted by atomic mass is 10.2. The number of nitrogens with one attached hydrogen (secondary N) is 1. The third-order valence-corrected chi connectivity index (χ3v) is 4.24. The van der Waals surface area contributed by atoms with Crippen molar-refractivity contribution >= 4 is 11.3 Å². The number of hydrogen-bond donors (Lipinski definition) is 2. The summed E-state index contributed by atoms with van der Waals surface area (Å²) in [7, 11) is 0. The third-order valence-electron chi connectivity index (χ3n) is 2.85. The van der Waals surface area contributed by atoms with Crippen LogP contribution in [-0.4, -0.2) is 16.6 Å². The number of thiazole rings is 1. The highest BCUT2D eigenvalue weighted by Gasteiger charge is 2.14. The highest BCUT2D eigenvalue weighted by molar-refractivity contribution is 7.15. The first kappa shape index (κ1) is 13.1. The lowest BCUT2D eigenvalue weighted by molar-refractivity contribution is 0.475. The van der Waals surface area contributed by atoms with Gasteiger partial charge in [-0.15, -0.1) is 11.3 Å². The van der Waals surface area contributed by atoms with Crippen LogP contribution in [0.15, 0.2) is 24.3 Å². The molecule has 0 amide bonds. The Labute approximate surface area is 112 Å². The number of nitrogens with zero attached hydrogens (tertiary/aromatic N) is 1. The van der Waals surface area contributed by atoms with Gasteiger partial charge < -0.3 is 10.4 Å². The molecule has 0 aliphatic rings. The number of hydrogen-bond acceptors (Lipinski definition) is 4. The first-order valence-corrected chi connectivity index (χ1v) is 6.93. The van der Waals surface area contributed by atoms with Crippen LogP contribution in [0.4, 0.5) is 0 Å². The summed E-state index contributed by atoms with van der Waals surface area (Å²) < 4.78 is 0. The summed E-state index contributed by atoms with van der Waals surface area (Å²) in [5, 5.41) is 13.7. The molecule has 96 valence electrons. The summed E-state index contributed by atoms with van der Waals surface area (Å²) in [6, 6.07) is 7.52. The molecule has 0 saturated carbocycles. The first-order chi connectivity index (χ1) is 8.61. The molecular formula is C14H18N2OS. The Kier molecular flexibility index (Phi) is 3.99. The van der Waals surface area contributed by atoms with Gasteiger partial charge in [-0.25, -0.2) is 4.98 Å². The highest BCUT2D eigenvalue weighted by atomic mass is 32.1. The fraction of sp³-hybridized carbons (Fsp3) is 0.357. The number of phenolic OH excluding ortho intramolecular Hbond substituents is 1. The standard InChI is InChI=1S/C14H18N2OS/c1-4-15-9(2)13-10(3)16-14(18-13)11-5-7-12(17)8-6-11/h5-9,15,17H,4H2,1-3H3. The lowest BCUT2D eigenvalue weighted by Crippen LogP contribution is -2.17. The molecule has 1 aromatic heterocycles. The largest absolute Gasteiger partial charge is 0.508 e. The monoisotopic (exact) mass is 262 g/mol. The molecule has 0 spiro atoms. The maximum Gasteiger partial charge on any atom is 0.123 e. The van der Waals surface area contributed by atoms with Crippen LogP contribution in [-0.2, 0) is 0 Å². The van der Waals surface area contributed by atoms with E-state index in [9.17, 15) is 5.11 Å². The molecule has 2 aromatic rings. The Morgan fingerprint density at radius 2 is 2.00 bits per heavy atom. The van der Waals surface area contributed by atoms with Crippen LogP contribution in [0.5, 0.6) is 5.75 Å². The normalized spacial score (nSPS) is 12.6. The molecule has 1 atom stereocenters. The summed E-state index contributed by atoms with van der Waals surface area (Å²) >= 11 is 1.71. The van der Waals surface area contributed by atoms with Crippen molar-refractivity contribution in [3.8, 4) is 16.3 Å². The Morgan fingerprint density at radius 1 is 1.33 bits per heavy atom. The van der Waals surface area contributed by atoms with Gasteiger partial charge >= 0.3 is 0 Å². The number of rotatable bonds is 4. The minimum absolute atomic E-state index is 0.285. The van der Waals surface area contributed by atoms with Crippen molar-refractivity contribution in [3.05, 3.63) is 34.8 Å². The Bertz CT molecular complexity index is 519. The Morgan fingerprint density at radius 3 is 2.61 bits per heavy atom. The van der Waals surface area contributed by atoms with Crippen molar-refractivity contribution in [2.45, 2.75) is 26.8 Å². The number of aryl methyl sites for hydroxylation is 1. The van der Waals surface area contributed by atoms with Gasteiger partial charge in [0.2, 0.25) is 0 Å². The van der Waals surface area contributed by atoms with Crippen LogP contribution in [0.2, 0.25) is 0 Å². The molecule has 2 N–H and O–H groups in total. The molecular weight excluding hydrogens is 244 g/mol. The molecule has 0 aliphatic heterocycles. The predicted molar refractivity (Wildman–Crippen MR) is 76.0 cm³/mol. The van der Waals surface area contributed by atoms with Gasteiger partial charge in [-0.1, -0.05) is 6.92 Å². The quantitative estimate of drug-likeness (QED) is 0.886. The van der Waals surface area contributed by atoms with Crippen LogP contribution in [0.1, 0.15) is 30.5 Å². The zero-order valence-corrected chi connectivity index (χ0v) is 11.7. The van der Waals surface area contributed by atoms with E-state index in [4.69, 9.17) is 0 Å². The van der Waals surface area contributed by atoms with E-state index in [1.165, 1.54) is 4.88 Å². The molecule has 2 rings (SSSR count).